The Hall–Kier alpha value is -1.85. The molecule has 0 radical (unpaired) electrons. The summed E-state index contributed by atoms with van der Waals surface area (Å²) in [6.45, 7) is 6.70. The molecule has 0 saturated heterocycles. The van der Waals surface area contributed by atoms with Gasteiger partial charge in [-0.2, -0.15) is 0 Å². The topological polar surface area (TPSA) is 95.1 Å². The molecule has 0 spiro atoms. The van der Waals surface area contributed by atoms with Crippen molar-refractivity contribution < 1.29 is 9.90 Å². The first-order chi connectivity index (χ1) is 9.92. The first-order valence-electron chi connectivity index (χ1n) is 7.49. The summed E-state index contributed by atoms with van der Waals surface area (Å²) >= 11 is 0. The van der Waals surface area contributed by atoms with Crippen LogP contribution >= 0.6 is 0 Å². The van der Waals surface area contributed by atoms with E-state index in [9.17, 15) is 9.59 Å². The molecule has 21 heavy (non-hydrogen) atoms. The van der Waals surface area contributed by atoms with Crippen molar-refractivity contribution in [2.45, 2.75) is 52.4 Å². The lowest BCUT2D eigenvalue weighted by Crippen LogP contribution is -2.16. The number of hydrogen-bond acceptors (Lipinski definition) is 4. The van der Waals surface area contributed by atoms with Crippen molar-refractivity contribution in [1.82, 2.24) is 9.97 Å². The van der Waals surface area contributed by atoms with E-state index in [1.54, 1.807) is 0 Å². The molecule has 0 fully saturated rings. The van der Waals surface area contributed by atoms with E-state index in [4.69, 9.17) is 5.11 Å². The Morgan fingerprint density at radius 3 is 2.71 bits per heavy atom. The molecule has 0 saturated carbocycles. The van der Waals surface area contributed by atoms with Crippen molar-refractivity contribution in [1.29, 1.82) is 0 Å². The van der Waals surface area contributed by atoms with E-state index >= 15 is 0 Å². The largest absolute Gasteiger partial charge is 0.481 e. The first-order valence-corrected chi connectivity index (χ1v) is 7.49. The summed E-state index contributed by atoms with van der Waals surface area (Å²) in [6.07, 6.45) is 2.72. The second-order valence-corrected chi connectivity index (χ2v) is 5.59. The highest BCUT2D eigenvalue weighted by atomic mass is 16.4. The second-order valence-electron chi connectivity index (χ2n) is 5.59. The first kappa shape index (κ1) is 17.2. The molecule has 0 aromatic carbocycles. The van der Waals surface area contributed by atoms with Gasteiger partial charge in [-0.25, -0.2) is 4.98 Å². The Labute approximate surface area is 125 Å². The lowest BCUT2D eigenvalue weighted by atomic mass is 9.97. The van der Waals surface area contributed by atoms with Crippen LogP contribution in [0.25, 0.3) is 0 Å². The predicted octanol–water partition coefficient (Wildman–Crippen LogP) is 2.59. The third-order valence-corrected chi connectivity index (χ3v) is 3.51. The molecular formula is C15H25N3O3. The summed E-state index contributed by atoms with van der Waals surface area (Å²) in [4.78, 5) is 29.2. The summed E-state index contributed by atoms with van der Waals surface area (Å²) in [6, 6.07) is 1.45. The molecule has 1 rings (SSSR count). The van der Waals surface area contributed by atoms with E-state index in [1.807, 2.05) is 13.8 Å². The van der Waals surface area contributed by atoms with Gasteiger partial charge in [0.1, 0.15) is 11.6 Å². The van der Waals surface area contributed by atoms with Gasteiger partial charge in [-0.05, 0) is 18.8 Å². The van der Waals surface area contributed by atoms with Crippen LogP contribution < -0.4 is 10.9 Å². The van der Waals surface area contributed by atoms with Crippen LogP contribution in [-0.4, -0.2) is 27.6 Å². The maximum atomic E-state index is 11.5. The molecule has 1 unspecified atom stereocenters. The number of nitrogens with zero attached hydrogens (tertiary/aromatic N) is 1. The van der Waals surface area contributed by atoms with Gasteiger partial charge in [0.25, 0.3) is 5.56 Å². The number of anilines is 1. The van der Waals surface area contributed by atoms with Crippen LogP contribution in [0.1, 0.15) is 58.2 Å². The number of carboxylic acids is 1. The molecule has 3 N–H and O–H groups in total. The maximum absolute atomic E-state index is 11.5. The normalized spacial score (nSPS) is 12.4. The zero-order chi connectivity index (χ0) is 15.8. The number of rotatable bonds is 9. The second kappa shape index (κ2) is 8.44. The number of aliphatic carboxylic acids is 1. The number of carboxylic acid groups (broad SMARTS) is 1. The Morgan fingerprint density at radius 2 is 2.14 bits per heavy atom. The monoisotopic (exact) mass is 295 g/mol. The molecule has 0 bridgehead atoms. The zero-order valence-electron chi connectivity index (χ0n) is 13.0. The van der Waals surface area contributed by atoms with Gasteiger partial charge in [-0.15, -0.1) is 0 Å². The SMILES string of the molecule is CCC(CCNc1cc(=O)[nH]c(C(C)C)n1)CCC(=O)O. The van der Waals surface area contributed by atoms with Gasteiger partial charge in [0, 0.05) is 24.9 Å². The summed E-state index contributed by atoms with van der Waals surface area (Å²) in [7, 11) is 0. The molecule has 6 heteroatoms. The van der Waals surface area contributed by atoms with Crippen molar-refractivity contribution >= 4 is 11.8 Å². The smallest absolute Gasteiger partial charge is 0.303 e. The number of carbonyl (C=O) groups is 1. The Bertz CT molecular complexity index is 511. The van der Waals surface area contributed by atoms with Gasteiger partial charge >= 0.3 is 5.97 Å². The molecule has 1 aromatic rings. The lowest BCUT2D eigenvalue weighted by molar-refractivity contribution is -0.137. The van der Waals surface area contributed by atoms with E-state index < -0.39 is 5.97 Å². The number of hydrogen-bond donors (Lipinski definition) is 3. The molecule has 0 aliphatic rings. The fourth-order valence-corrected chi connectivity index (χ4v) is 2.13. The molecule has 1 heterocycles. The third-order valence-electron chi connectivity index (χ3n) is 3.51. The van der Waals surface area contributed by atoms with Gasteiger partial charge in [0.2, 0.25) is 0 Å². The zero-order valence-corrected chi connectivity index (χ0v) is 13.0. The summed E-state index contributed by atoms with van der Waals surface area (Å²) < 4.78 is 0. The Kier molecular flexibility index (Phi) is 6.91. The van der Waals surface area contributed by atoms with Gasteiger partial charge in [0.15, 0.2) is 0 Å². The van der Waals surface area contributed by atoms with E-state index in [0.717, 1.165) is 12.8 Å². The fraction of sp³-hybridized carbons (Fsp3) is 0.667. The highest BCUT2D eigenvalue weighted by Gasteiger charge is 2.09. The molecule has 118 valence electrons. The minimum Gasteiger partial charge on any atom is -0.481 e. The average Bonchev–Trinajstić information content (AvgIpc) is 2.41. The molecule has 0 aliphatic carbocycles. The molecule has 0 aliphatic heterocycles. The van der Waals surface area contributed by atoms with E-state index in [-0.39, 0.29) is 17.9 Å². The standard InChI is InChI=1S/C15H25N3O3/c1-4-11(5-6-14(20)21)7-8-16-12-9-13(19)18-15(17-12)10(2)3/h9-11H,4-8H2,1-3H3,(H,20,21)(H2,16,17,18,19). The van der Waals surface area contributed by atoms with E-state index in [0.29, 0.717) is 30.5 Å². The molecule has 1 atom stereocenters. The van der Waals surface area contributed by atoms with Gasteiger partial charge in [-0.3, -0.25) is 9.59 Å². The van der Waals surface area contributed by atoms with Gasteiger partial charge < -0.3 is 15.4 Å². The highest BCUT2D eigenvalue weighted by molar-refractivity contribution is 5.66. The summed E-state index contributed by atoms with van der Waals surface area (Å²) in [5.74, 6) is 1.04. The van der Waals surface area contributed by atoms with Gasteiger partial charge in [-0.1, -0.05) is 27.2 Å². The molecule has 0 amide bonds. The molecule has 1 aromatic heterocycles. The van der Waals surface area contributed by atoms with Crippen molar-refractivity contribution in [3.63, 3.8) is 0 Å². The lowest BCUT2D eigenvalue weighted by Gasteiger charge is -2.14. The summed E-state index contributed by atoms with van der Waals surface area (Å²) in [5.41, 5.74) is -0.158. The quantitative estimate of drug-likeness (QED) is 0.651. The maximum Gasteiger partial charge on any atom is 0.303 e. The summed E-state index contributed by atoms with van der Waals surface area (Å²) in [5, 5.41) is 11.9. The molecule has 6 nitrogen and oxygen atoms in total. The minimum atomic E-state index is -0.751. The van der Waals surface area contributed by atoms with E-state index in [2.05, 4.69) is 22.2 Å². The average molecular weight is 295 g/mol. The van der Waals surface area contributed by atoms with E-state index in [1.165, 1.54) is 6.07 Å². The predicted molar refractivity (Wildman–Crippen MR) is 82.7 cm³/mol. The van der Waals surface area contributed by atoms with Crippen molar-refractivity contribution in [3.05, 3.63) is 22.2 Å². The van der Waals surface area contributed by atoms with Crippen LogP contribution in [0, 0.1) is 5.92 Å². The number of H-pyrrole nitrogens is 1. The van der Waals surface area contributed by atoms with Crippen molar-refractivity contribution in [2.75, 3.05) is 11.9 Å². The third kappa shape index (κ3) is 6.42. The van der Waals surface area contributed by atoms with Gasteiger partial charge in [0.05, 0.1) is 0 Å². The van der Waals surface area contributed by atoms with Crippen LogP contribution in [0.4, 0.5) is 5.82 Å². The Balaban J connectivity index is 2.51. The minimum absolute atomic E-state index is 0.158. The number of aromatic nitrogens is 2. The van der Waals surface area contributed by atoms with Crippen LogP contribution in [0.3, 0.4) is 0 Å². The van der Waals surface area contributed by atoms with Crippen molar-refractivity contribution in [2.24, 2.45) is 5.92 Å². The fourth-order valence-electron chi connectivity index (χ4n) is 2.13. The van der Waals surface area contributed by atoms with Crippen molar-refractivity contribution in [3.8, 4) is 0 Å². The van der Waals surface area contributed by atoms with Crippen LogP contribution in [0.2, 0.25) is 0 Å². The van der Waals surface area contributed by atoms with Crippen LogP contribution in [0.5, 0.6) is 0 Å². The Morgan fingerprint density at radius 1 is 1.43 bits per heavy atom. The highest BCUT2D eigenvalue weighted by Crippen LogP contribution is 2.16. The number of nitrogens with one attached hydrogen (secondary N) is 2. The molecular weight excluding hydrogens is 270 g/mol. The van der Waals surface area contributed by atoms with Crippen LogP contribution in [0.15, 0.2) is 10.9 Å². The number of aromatic amines is 1. The van der Waals surface area contributed by atoms with Crippen LogP contribution in [-0.2, 0) is 4.79 Å².